The Kier molecular flexibility index (Phi) is 4.60. The second-order valence-corrected chi connectivity index (χ2v) is 6.25. The van der Waals surface area contributed by atoms with Crippen molar-refractivity contribution in [1.29, 1.82) is 0 Å². The van der Waals surface area contributed by atoms with E-state index in [2.05, 4.69) is 12.2 Å². The first-order valence-electron chi connectivity index (χ1n) is 7.85. The molecule has 0 bridgehead atoms. The number of aliphatic hydroxyl groups excluding tert-OH is 1. The largest absolute Gasteiger partial charge is 0.467 e. The fraction of sp³-hybridized carbons (Fsp3) is 0.444. The van der Waals surface area contributed by atoms with E-state index < -0.39 is 6.10 Å². The summed E-state index contributed by atoms with van der Waals surface area (Å²) >= 11 is 0. The molecule has 1 fully saturated rings. The summed E-state index contributed by atoms with van der Waals surface area (Å²) < 4.78 is 18.1. The third kappa shape index (κ3) is 3.57. The van der Waals surface area contributed by atoms with Crippen LogP contribution in [-0.4, -0.2) is 17.2 Å². The number of benzene rings is 1. The molecule has 0 spiro atoms. The van der Waals surface area contributed by atoms with E-state index in [9.17, 15) is 9.50 Å². The number of hydrogen-bond donors (Lipinski definition) is 2. The van der Waals surface area contributed by atoms with Crippen LogP contribution in [0.2, 0.25) is 0 Å². The van der Waals surface area contributed by atoms with Gasteiger partial charge in [-0.15, -0.1) is 0 Å². The van der Waals surface area contributed by atoms with Crippen molar-refractivity contribution in [2.24, 2.45) is 0 Å². The van der Waals surface area contributed by atoms with Gasteiger partial charge in [0, 0.05) is 12.1 Å². The summed E-state index contributed by atoms with van der Waals surface area (Å²) in [6.45, 7) is 2.08. The van der Waals surface area contributed by atoms with Gasteiger partial charge in [-0.05, 0) is 61.9 Å². The van der Waals surface area contributed by atoms with Gasteiger partial charge in [-0.25, -0.2) is 4.39 Å². The summed E-state index contributed by atoms with van der Waals surface area (Å²) in [5.41, 5.74) is 1.21. The van der Waals surface area contributed by atoms with Gasteiger partial charge < -0.3 is 14.8 Å². The minimum atomic E-state index is -0.564. The highest BCUT2D eigenvalue weighted by Crippen LogP contribution is 2.37. The molecule has 118 valence electrons. The van der Waals surface area contributed by atoms with Gasteiger partial charge in [0.25, 0.3) is 0 Å². The first kappa shape index (κ1) is 15.3. The quantitative estimate of drug-likeness (QED) is 0.854. The Morgan fingerprint density at radius 2 is 2.00 bits per heavy atom. The second-order valence-electron chi connectivity index (χ2n) is 6.25. The van der Waals surface area contributed by atoms with Gasteiger partial charge in [-0.3, -0.25) is 0 Å². The van der Waals surface area contributed by atoms with E-state index in [4.69, 9.17) is 4.42 Å². The molecule has 0 saturated heterocycles. The Balaban J connectivity index is 1.42. The molecule has 2 N–H and O–H groups in total. The number of nitrogens with one attached hydrogen (secondary N) is 1. The van der Waals surface area contributed by atoms with Crippen LogP contribution in [0.5, 0.6) is 0 Å². The zero-order valence-corrected chi connectivity index (χ0v) is 12.7. The van der Waals surface area contributed by atoms with Gasteiger partial charge in [0.05, 0.1) is 6.26 Å². The van der Waals surface area contributed by atoms with Crippen molar-refractivity contribution in [2.75, 3.05) is 0 Å². The van der Waals surface area contributed by atoms with Crippen LogP contribution in [0.4, 0.5) is 4.39 Å². The second kappa shape index (κ2) is 6.63. The van der Waals surface area contributed by atoms with Gasteiger partial charge >= 0.3 is 0 Å². The highest BCUT2D eigenvalue weighted by Gasteiger charge is 2.31. The molecule has 0 unspecified atom stereocenters. The Hall–Kier alpha value is -1.65. The summed E-state index contributed by atoms with van der Waals surface area (Å²) in [6.07, 6.45) is 3.77. The Labute approximate surface area is 130 Å². The molecule has 2 atom stereocenters. The van der Waals surface area contributed by atoms with Crippen LogP contribution in [-0.2, 0) is 0 Å². The van der Waals surface area contributed by atoms with E-state index in [-0.39, 0.29) is 11.9 Å². The lowest BCUT2D eigenvalue weighted by molar-refractivity contribution is 0.122. The van der Waals surface area contributed by atoms with Gasteiger partial charge in [-0.2, -0.15) is 0 Å². The van der Waals surface area contributed by atoms with Crippen molar-refractivity contribution >= 4 is 0 Å². The fourth-order valence-electron chi connectivity index (χ4n) is 3.16. The number of aliphatic hydroxyl groups is 1. The molecule has 3 nitrogen and oxygen atoms in total. The minimum Gasteiger partial charge on any atom is -0.467 e. The Morgan fingerprint density at radius 1 is 1.27 bits per heavy atom. The van der Waals surface area contributed by atoms with Crippen LogP contribution in [0.15, 0.2) is 47.1 Å². The standard InChI is InChI=1S/C18H22FNO2/c1-12(9-17(21)18-3-2-8-22-18)20-16-10-14(11-16)13-4-6-15(19)7-5-13/h2-8,12,14,16-17,20-21H,9-11H2,1H3/t12-,14?,16?,17-/m0/s1. The third-order valence-corrected chi connectivity index (χ3v) is 4.45. The molecule has 0 aliphatic heterocycles. The average Bonchev–Trinajstić information content (AvgIpc) is 2.98. The number of rotatable bonds is 6. The van der Waals surface area contributed by atoms with Crippen LogP contribution in [0, 0.1) is 5.82 Å². The molecule has 1 heterocycles. The molecular weight excluding hydrogens is 281 g/mol. The maximum Gasteiger partial charge on any atom is 0.132 e. The third-order valence-electron chi connectivity index (χ3n) is 4.45. The molecule has 1 aromatic carbocycles. The molecule has 1 aliphatic carbocycles. The SMILES string of the molecule is C[C@@H](C[C@H](O)c1ccco1)NC1CC(c2ccc(F)cc2)C1. The van der Waals surface area contributed by atoms with E-state index in [1.807, 2.05) is 12.1 Å². The molecule has 4 heteroatoms. The smallest absolute Gasteiger partial charge is 0.132 e. The van der Waals surface area contributed by atoms with Gasteiger partial charge in [0.15, 0.2) is 0 Å². The Morgan fingerprint density at radius 3 is 2.64 bits per heavy atom. The van der Waals surface area contributed by atoms with Crippen LogP contribution in [0.1, 0.15) is 49.5 Å². The van der Waals surface area contributed by atoms with Gasteiger partial charge in [0.1, 0.15) is 17.7 Å². The predicted molar refractivity (Wildman–Crippen MR) is 83.0 cm³/mol. The van der Waals surface area contributed by atoms with Crippen LogP contribution < -0.4 is 5.32 Å². The zero-order chi connectivity index (χ0) is 15.5. The summed E-state index contributed by atoms with van der Waals surface area (Å²) in [6, 6.07) is 11.1. The predicted octanol–water partition coefficient (Wildman–Crippen LogP) is 3.77. The maximum atomic E-state index is 12.9. The molecule has 0 amide bonds. The minimum absolute atomic E-state index is 0.182. The van der Waals surface area contributed by atoms with Crippen molar-refractivity contribution in [3.8, 4) is 0 Å². The summed E-state index contributed by atoms with van der Waals surface area (Å²) in [4.78, 5) is 0. The van der Waals surface area contributed by atoms with Crippen molar-refractivity contribution in [1.82, 2.24) is 5.32 Å². The van der Waals surface area contributed by atoms with Crippen LogP contribution in [0.3, 0.4) is 0 Å². The fourth-order valence-corrected chi connectivity index (χ4v) is 3.16. The summed E-state index contributed by atoms with van der Waals surface area (Å²) in [7, 11) is 0. The number of furan rings is 1. The molecule has 1 saturated carbocycles. The van der Waals surface area contributed by atoms with Gasteiger partial charge in [0.2, 0.25) is 0 Å². The van der Waals surface area contributed by atoms with Crippen molar-refractivity contribution in [2.45, 2.75) is 50.3 Å². The number of halogens is 1. The van der Waals surface area contributed by atoms with Crippen molar-refractivity contribution < 1.29 is 13.9 Å². The lowest BCUT2D eigenvalue weighted by Gasteiger charge is -2.38. The topological polar surface area (TPSA) is 45.4 Å². The average molecular weight is 303 g/mol. The summed E-state index contributed by atoms with van der Waals surface area (Å²) in [5.74, 6) is 0.949. The maximum absolute atomic E-state index is 12.9. The van der Waals surface area contributed by atoms with Crippen molar-refractivity contribution in [3.05, 3.63) is 59.8 Å². The lowest BCUT2D eigenvalue weighted by atomic mass is 9.75. The molecular formula is C18H22FNO2. The van der Waals surface area contributed by atoms with E-state index in [0.29, 0.717) is 24.1 Å². The molecule has 22 heavy (non-hydrogen) atoms. The zero-order valence-electron chi connectivity index (χ0n) is 12.7. The monoisotopic (exact) mass is 303 g/mol. The van der Waals surface area contributed by atoms with E-state index >= 15 is 0 Å². The molecule has 1 aliphatic rings. The Bertz CT molecular complexity index is 576. The van der Waals surface area contributed by atoms with E-state index in [0.717, 1.165) is 12.8 Å². The van der Waals surface area contributed by atoms with Crippen molar-refractivity contribution in [3.63, 3.8) is 0 Å². The first-order valence-corrected chi connectivity index (χ1v) is 7.85. The highest BCUT2D eigenvalue weighted by atomic mass is 19.1. The molecule has 0 radical (unpaired) electrons. The van der Waals surface area contributed by atoms with Crippen LogP contribution in [0.25, 0.3) is 0 Å². The highest BCUT2D eigenvalue weighted by molar-refractivity contribution is 5.23. The first-order chi connectivity index (χ1) is 10.6. The molecule has 2 aromatic rings. The van der Waals surface area contributed by atoms with Gasteiger partial charge in [-0.1, -0.05) is 12.1 Å². The van der Waals surface area contributed by atoms with Crippen LogP contribution >= 0.6 is 0 Å². The molecule has 3 rings (SSSR count). The normalized spacial score (nSPS) is 23.8. The van der Waals surface area contributed by atoms with E-state index in [1.54, 1.807) is 18.4 Å². The summed E-state index contributed by atoms with van der Waals surface area (Å²) in [5, 5.41) is 13.6. The molecule has 1 aromatic heterocycles. The number of hydrogen-bond acceptors (Lipinski definition) is 3. The lowest BCUT2D eigenvalue weighted by Crippen LogP contribution is -2.44. The van der Waals surface area contributed by atoms with E-state index in [1.165, 1.54) is 17.7 Å².